The summed E-state index contributed by atoms with van der Waals surface area (Å²) in [5, 5.41) is 8.97. The van der Waals surface area contributed by atoms with Crippen molar-refractivity contribution in [3.05, 3.63) is 58.0 Å². The van der Waals surface area contributed by atoms with Gasteiger partial charge >= 0.3 is 6.18 Å². The van der Waals surface area contributed by atoms with Gasteiger partial charge in [-0.1, -0.05) is 0 Å². The number of carbonyl (C=O) groups is 1. The van der Waals surface area contributed by atoms with Gasteiger partial charge in [0.15, 0.2) is 5.82 Å². The summed E-state index contributed by atoms with van der Waals surface area (Å²) in [6, 6.07) is 5.63. The van der Waals surface area contributed by atoms with E-state index in [2.05, 4.69) is 15.5 Å². The lowest BCUT2D eigenvalue weighted by Crippen LogP contribution is -2.19. The Labute approximate surface area is 132 Å². The molecule has 2 N–H and O–H groups in total. The van der Waals surface area contributed by atoms with Gasteiger partial charge in [0.2, 0.25) is 5.56 Å². The zero-order valence-electron chi connectivity index (χ0n) is 12.3. The van der Waals surface area contributed by atoms with Gasteiger partial charge in [-0.3, -0.25) is 14.7 Å². The largest absolute Gasteiger partial charge is 0.416 e. The molecular formula is C15H11F3N4O2. The Morgan fingerprint density at radius 2 is 2.00 bits per heavy atom. The minimum Gasteiger partial charge on any atom is -0.318 e. The lowest BCUT2D eigenvalue weighted by Gasteiger charge is -2.07. The van der Waals surface area contributed by atoms with Crippen molar-refractivity contribution in [2.75, 3.05) is 5.32 Å². The first-order valence-electron chi connectivity index (χ1n) is 6.79. The third-order valence-electron chi connectivity index (χ3n) is 3.47. The van der Waals surface area contributed by atoms with Gasteiger partial charge in [-0.25, -0.2) is 0 Å². The summed E-state index contributed by atoms with van der Waals surface area (Å²) in [7, 11) is 1.48. The molecule has 0 spiro atoms. The fourth-order valence-electron chi connectivity index (χ4n) is 2.19. The van der Waals surface area contributed by atoms with E-state index in [4.69, 9.17) is 0 Å². The molecule has 0 fully saturated rings. The number of aryl methyl sites for hydroxylation is 1. The van der Waals surface area contributed by atoms with E-state index < -0.39 is 17.6 Å². The highest BCUT2D eigenvalue weighted by atomic mass is 19.4. The Bertz CT molecular complexity index is 988. The summed E-state index contributed by atoms with van der Waals surface area (Å²) >= 11 is 0. The van der Waals surface area contributed by atoms with Crippen LogP contribution in [0.5, 0.6) is 0 Å². The molecule has 24 heavy (non-hydrogen) atoms. The summed E-state index contributed by atoms with van der Waals surface area (Å²) in [6.45, 7) is 0. The van der Waals surface area contributed by atoms with Crippen LogP contribution < -0.4 is 10.9 Å². The summed E-state index contributed by atoms with van der Waals surface area (Å²) in [5.41, 5.74) is -0.584. The van der Waals surface area contributed by atoms with Gasteiger partial charge in [-0.05, 0) is 24.3 Å². The number of anilines is 1. The minimum atomic E-state index is -4.50. The fourth-order valence-corrected chi connectivity index (χ4v) is 2.19. The maximum absolute atomic E-state index is 12.8. The summed E-state index contributed by atoms with van der Waals surface area (Å²) in [5.74, 6) is -0.605. The molecule has 0 radical (unpaired) electrons. The van der Waals surface area contributed by atoms with E-state index >= 15 is 0 Å². The average Bonchev–Trinajstić information content (AvgIpc) is 2.91. The van der Waals surface area contributed by atoms with E-state index in [1.807, 2.05) is 0 Å². The van der Waals surface area contributed by atoms with Crippen LogP contribution in [0.4, 0.5) is 19.0 Å². The molecule has 0 aliphatic carbocycles. The highest BCUT2D eigenvalue weighted by Gasteiger charge is 2.31. The molecule has 3 rings (SSSR count). The van der Waals surface area contributed by atoms with Gasteiger partial charge in [0.05, 0.1) is 16.6 Å². The van der Waals surface area contributed by atoms with Crippen LogP contribution in [0.2, 0.25) is 0 Å². The quantitative estimate of drug-likeness (QED) is 0.755. The number of aromatic nitrogens is 3. The molecule has 1 amide bonds. The number of fused-ring (bicyclic) bond motifs is 1. The van der Waals surface area contributed by atoms with Gasteiger partial charge in [0, 0.05) is 24.7 Å². The van der Waals surface area contributed by atoms with Crippen molar-refractivity contribution in [3.63, 3.8) is 0 Å². The molecule has 0 aliphatic rings. The molecule has 0 atom stereocenters. The van der Waals surface area contributed by atoms with Gasteiger partial charge in [0.1, 0.15) is 0 Å². The number of amides is 1. The number of alkyl halides is 3. The normalized spacial score (nSPS) is 11.7. The Kier molecular flexibility index (Phi) is 3.63. The monoisotopic (exact) mass is 336 g/mol. The lowest BCUT2D eigenvalue weighted by molar-refractivity contribution is -0.137. The SMILES string of the molecule is Cn1cc(C(=O)Nc2n[nH]c3ccc(C(F)(F)F)cc23)ccc1=O. The van der Waals surface area contributed by atoms with Crippen LogP contribution in [0.1, 0.15) is 15.9 Å². The Morgan fingerprint density at radius 1 is 1.25 bits per heavy atom. The Hall–Kier alpha value is -3.10. The molecule has 0 saturated heterocycles. The van der Waals surface area contributed by atoms with Gasteiger partial charge in [-0.15, -0.1) is 0 Å². The Balaban J connectivity index is 1.96. The first kappa shape index (κ1) is 15.8. The predicted molar refractivity (Wildman–Crippen MR) is 80.7 cm³/mol. The molecule has 124 valence electrons. The standard InChI is InChI=1S/C15H11F3N4O2/c1-22-7-8(2-5-12(22)23)14(24)19-13-10-6-9(15(16,17)18)3-4-11(10)20-21-13/h2-7H,1H3,(H2,19,20,21,24). The van der Waals surface area contributed by atoms with Crippen molar-refractivity contribution >= 4 is 22.6 Å². The van der Waals surface area contributed by atoms with E-state index in [9.17, 15) is 22.8 Å². The van der Waals surface area contributed by atoms with Crippen LogP contribution in [0.3, 0.4) is 0 Å². The predicted octanol–water partition coefficient (Wildman–Crippen LogP) is 2.53. The first-order chi connectivity index (χ1) is 11.3. The lowest BCUT2D eigenvalue weighted by atomic mass is 10.1. The van der Waals surface area contributed by atoms with E-state index in [1.54, 1.807) is 0 Å². The molecule has 0 aliphatic heterocycles. The van der Waals surface area contributed by atoms with Crippen LogP contribution in [0.25, 0.3) is 10.9 Å². The van der Waals surface area contributed by atoms with E-state index in [0.29, 0.717) is 5.52 Å². The summed E-state index contributed by atoms with van der Waals surface area (Å²) < 4.78 is 39.7. The van der Waals surface area contributed by atoms with Crippen LogP contribution in [0.15, 0.2) is 41.3 Å². The Morgan fingerprint density at radius 3 is 2.67 bits per heavy atom. The molecule has 3 aromatic rings. The summed E-state index contributed by atoms with van der Waals surface area (Å²) in [4.78, 5) is 23.5. The minimum absolute atomic E-state index is 0.0186. The molecule has 1 aromatic carbocycles. The number of pyridine rings is 1. The second-order valence-corrected chi connectivity index (χ2v) is 5.15. The highest BCUT2D eigenvalue weighted by molar-refractivity contribution is 6.07. The van der Waals surface area contributed by atoms with Crippen LogP contribution in [-0.4, -0.2) is 20.7 Å². The van der Waals surface area contributed by atoms with Gasteiger partial charge in [-0.2, -0.15) is 18.3 Å². The maximum Gasteiger partial charge on any atom is 0.416 e. The van der Waals surface area contributed by atoms with Crippen molar-refractivity contribution < 1.29 is 18.0 Å². The number of benzene rings is 1. The van der Waals surface area contributed by atoms with Crippen molar-refractivity contribution in [3.8, 4) is 0 Å². The molecule has 0 bridgehead atoms. The van der Waals surface area contributed by atoms with Crippen molar-refractivity contribution in [1.29, 1.82) is 0 Å². The number of hydrogen-bond donors (Lipinski definition) is 2. The van der Waals surface area contributed by atoms with Crippen molar-refractivity contribution in [2.24, 2.45) is 7.05 Å². The van der Waals surface area contributed by atoms with E-state index in [1.165, 1.54) is 36.0 Å². The molecule has 6 nitrogen and oxygen atoms in total. The van der Waals surface area contributed by atoms with Crippen LogP contribution >= 0.6 is 0 Å². The zero-order chi connectivity index (χ0) is 17.5. The number of nitrogens with one attached hydrogen (secondary N) is 2. The van der Waals surface area contributed by atoms with Gasteiger partial charge in [0.25, 0.3) is 5.91 Å². The second kappa shape index (κ2) is 5.52. The molecule has 0 saturated carbocycles. The van der Waals surface area contributed by atoms with E-state index in [0.717, 1.165) is 12.1 Å². The molecule has 2 aromatic heterocycles. The molecule has 0 unspecified atom stereocenters. The first-order valence-corrected chi connectivity index (χ1v) is 6.79. The third-order valence-corrected chi connectivity index (χ3v) is 3.47. The maximum atomic E-state index is 12.8. The van der Waals surface area contributed by atoms with Crippen molar-refractivity contribution in [1.82, 2.24) is 14.8 Å². The number of halogens is 3. The topological polar surface area (TPSA) is 79.8 Å². The smallest absolute Gasteiger partial charge is 0.318 e. The second-order valence-electron chi connectivity index (χ2n) is 5.15. The highest BCUT2D eigenvalue weighted by Crippen LogP contribution is 2.32. The molecular weight excluding hydrogens is 325 g/mol. The molecule has 2 heterocycles. The number of nitrogens with zero attached hydrogens (tertiary/aromatic N) is 2. The number of carbonyl (C=O) groups excluding carboxylic acids is 1. The number of aromatic amines is 1. The van der Waals surface area contributed by atoms with E-state index in [-0.39, 0.29) is 22.3 Å². The number of H-pyrrole nitrogens is 1. The van der Waals surface area contributed by atoms with Crippen LogP contribution in [0, 0.1) is 0 Å². The average molecular weight is 336 g/mol. The fraction of sp³-hybridized carbons (Fsp3) is 0.133. The number of rotatable bonds is 2. The molecule has 9 heteroatoms. The van der Waals surface area contributed by atoms with Gasteiger partial charge < -0.3 is 9.88 Å². The van der Waals surface area contributed by atoms with Crippen molar-refractivity contribution in [2.45, 2.75) is 6.18 Å². The van der Waals surface area contributed by atoms with Crippen LogP contribution in [-0.2, 0) is 13.2 Å². The zero-order valence-corrected chi connectivity index (χ0v) is 12.3. The number of hydrogen-bond acceptors (Lipinski definition) is 3. The third kappa shape index (κ3) is 2.87. The summed E-state index contributed by atoms with van der Waals surface area (Å²) in [6.07, 6.45) is -3.17.